The number of methoxy groups -OCH3 is 1. The summed E-state index contributed by atoms with van der Waals surface area (Å²) < 4.78 is 7.22. The van der Waals surface area contributed by atoms with Gasteiger partial charge in [0.2, 0.25) is 0 Å². The van der Waals surface area contributed by atoms with Gasteiger partial charge in [-0.1, -0.05) is 18.2 Å². The van der Waals surface area contributed by atoms with Crippen molar-refractivity contribution in [1.82, 2.24) is 15.1 Å². The lowest BCUT2D eigenvalue weighted by atomic mass is 10.1. The number of ether oxygens (including phenoxy) is 1. The van der Waals surface area contributed by atoms with Gasteiger partial charge < -0.3 is 10.1 Å². The van der Waals surface area contributed by atoms with Crippen molar-refractivity contribution in [3.05, 3.63) is 66.4 Å². The summed E-state index contributed by atoms with van der Waals surface area (Å²) in [6.45, 7) is 0.846. The maximum absolute atomic E-state index is 5.26. The molecule has 0 atom stereocenters. The van der Waals surface area contributed by atoms with Gasteiger partial charge in [-0.2, -0.15) is 5.10 Å². The van der Waals surface area contributed by atoms with Crippen LogP contribution < -0.4 is 10.1 Å². The Morgan fingerprint density at radius 1 is 1.08 bits per heavy atom. The van der Waals surface area contributed by atoms with Crippen LogP contribution in [0.2, 0.25) is 0 Å². The monoisotopic (exact) mass is 319 g/mol. The highest BCUT2D eigenvalue weighted by atomic mass is 16.5. The van der Waals surface area contributed by atoms with Crippen molar-refractivity contribution in [1.29, 1.82) is 0 Å². The van der Waals surface area contributed by atoms with Crippen molar-refractivity contribution in [3.63, 3.8) is 0 Å². The zero-order valence-corrected chi connectivity index (χ0v) is 13.8. The van der Waals surface area contributed by atoms with Crippen LogP contribution in [0.5, 0.6) is 5.75 Å². The third kappa shape index (κ3) is 3.19. The molecular formula is C20H21N3O. The molecule has 0 bridgehead atoms. The smallest absolute Gasteiger partial charge is 0.118 e. The molecule has 1 aromatic heterocycles. The van der Waals surface area contributed by atoms with E-state index in [-0.39, 0.29) is 0 Å². The Labute approximate surface area is 142 Å². The van der Waals surface area contributed by atoms with Crippen LogP contribution in [0.15, 0.2) is 60.8 Å². The third-order valence-electron chi connectivity index (χ3n) is 4.33. The van der Waals surface area contributed by atoms with Gasteiger partial charge in [0.15, 0.2) is 0 Å². The summed E-state index contributed by atoms with van der Waals surface area (Å²) in [4.78, 5) is 0. The lowest BCUT2D eigenvalue weighted by Crippen LogP contribution is -2.15. The van der Waals surface area contributed by atoms with Crippen molar-refractivity contribution < 1.29 is 4.74 Å². The minimum atomic E-state index is 0.675. The van der Waals surface area contributed by atoms with Crippen molar-refractivity contribution >= 4 is 0 Å². The molecule has 2 aromatic carbocycles. The highest BCUT2D eigenvalue weighted by Gasteiger charge is 2.21. The first kappa shape index (κ1) is 15.0. The minimum absolute atomic E-state index is 0.675. The first-order chi connectivity index (χ1) is 11.8. The third-order valence-corrected chi connectivity index (χ3v) is 4.33. The van der Waals surface area contributed by atoms with E-state index >= 15 is 0 Å². The van der Waals surface area contributed by atoms with Gasteiger partial charge in [-0.05, 0) is 49.2 Å². The Kier molecular flexibility index (Phi) is 4.05. The molecule has 1 saturated carbocycles. The molecule has 4 heteroatoms. The molecule has 1 fully saturated rings. The van der Waals surface area contributed by atoms with Crippen LogP contribution in [0.4, 0.5) is 0 Å². The van der Waals surface area contributed by atoms with E-state index in [9.17, 15) is 0 Å². The normalized spacial score (nSPS) is 13.9. The van der Waals surface area contributed by atoms with Crippen LogP contribution in [-0.2, 0) is 6.54 Å². The largest absolute Gasteiger partial charge is 0.497 e. The van der Waals surface area contributed by atoms with Crippen molar-refractivity contribution in [2.45, 2.75) is 25.4 Å². The van der Waals surface area contributed by atoms with Crippen molar-refractivity contribution in [2.75, 3.05) is 7.11 Å². The van der Waals surface area contributed by atoms with Crippen LogP contribution in [0.25, 0.3) is 16.9 Å². The highest BCUT2D eigenvalue weighted by molar-refractivity contribution is 5.64. The van der Waals surface area contributed by atoms with Gasteiger partial charge in [0.1, 0.15) is 5.75 Å². The molecule has 4 rings (SSSR count). The second kappa shape index (κ2) is 6.49. The SMILES string of the molecule is COc1ccc(-c2nn(-c3ccccc3)cc2CNC2CC2)cc1. The second-order valence-corrected chi connectivity index (χ2v) is 6.17. The maximum atomic E-state index is 5.26. The topological polar surface area (TPSA) is 39.1 Å². The Balaban J connectivity index is 1.70. The number of aromatic nitrogens is 2. The van der Waals surface area contributed by atoms with Gasteiger partial charge in [0.05, 0.1) is 18.5 Å². The van der Waals surface area contributed by atoms with Crippen LogP contribution in [0.1, 0.15) is 18.4 Å². The predicted molar refractivity (Wildman–Crippen MR) is 95.4 cm³/mol. The molecule has 0 saturated heterocycles. The quantitative estimate of drug-likeness (QED) is 0.751. The average Bonchev–Trinajstić information content (AvgIpc) is 3.38. The molecular weight excluding hydrogens is 298 g/mol. The molecule has 24 heavy (non-hydrogen) atoms. The zero-order valence-electron chi connectivity index (χ0n) is 13.8. The summed E-state index contributed by atoms with van der Waals surface area (Å²) >= 11 is 0. The van der Waals surface area contributed by atoms with Gasteiger partial charge in [-0.15, -0.1) is 0 Å². The predicted octanol–water partition coefficient (Wildman–Crippen LogP) is 3.80. The van der Waals surface area contributed by atoms with Crippen LogP contribution in [0, 0.1) is 0 Å². The standard InChI is InChI=1S/C20H21N3O/c1-24-19-11-7-15(8-12-19)20-16(13-21-17-9-10-17)14-23(22-20)18-5-3-2-4-6-18/h2-8,11-12,14,17,21H,9-10,13H2,1H3. The molecule has 3 aromatic rings. The molecule has 0 spiro atoms. The van der Waals surface area contributed by atoms with Crippen molar-refractivity contribution in [2.24, 2.45) is 0 Å². The molecule has 0 radical (unpaired) electrons. The van der Waals surface area contributed by atoms with E-state index in [4.69, 9.17) is 9.84 Å². The molecule has 0 unspecified atom stereocenters. The van der Waals surface area contributed by atoms with E-state index in [0.29, 0.717) is 6.04 Å². The maximum Gasteiger partial charge on any atom is 0.118 e. The first-order valence-corrected chi connectivity index (χ1v) is 8.35. The van der Waals surface area contributed by atoms with E-state index in [1.807, 2.05) is 35.0 Å². The van der Waals surface area contributed by atoms with Crippen LogP contribution >= 0.6 is 0 Å². The highest BCUT2D eigenvalue weighted by Crippen LogP contribution is 2.27. The lowest BCUT2D eigenvalue weighted by Gasteiger charge is -2.05. The molecule has 4 nitrogen and oxygen atoms in total. The van der Waals surface area contributed by atoms with Gasteiger partial charge in [-0.25, -0.2) is 4.68 Å². The molecule has 122 valence electrons. The Morgan fingerprint density at radius 3 is 2.50 bits per heavy atom. The second-order valence-electron chi connectivity index (χ2n) is 6.17. The van der Waals surface area contributed by atoms with E-state index in [0.717, 1.165) is 29.2 Å². The number of hydrogen-bond acceptors (Lipinski definition) is 3. The molecule has 0 aliphatic heterocycles. The van der Waals surface area contributed by atoms with Gasteiger partial charge in [-0.3, -0.25) is 0 Å². The summed E-state index contributed by atoms with van der Waals surface area (Å²) in [5.74, 6) is 0.860. The number of hydrogen-bond donors (Lipinski definition) is 1. The first-order valence-electron chi connectivity index (χ1n) is 8.35. The molecule has 1 N–H and O–H groups in total. The molecule has 1 heterocycles. The summed E-state index contributed by atoms with van der Waals surface area (Å²) in [6, 6.07) is 19.0. The van der Waals surface area contributed by atoms with E-state index in [2.05, 4.69) is 35.8 Å². The van der Waals surface area contributed by atoms with E-state index in [1.165, 1.54) is 18.4 Å². The summed E-state index contributed by atoms with van der Waals surface area (Å²) in [7, 11) is 1.68. The van der Waals surface area contributed by atoms with Crippen LogP contribution in [0.3, 0.4) is 0 Å². The van der Waals surface area contributed by atoms with E-state index in [1.54, 1.807) is 7.11 Å². The average molecular weight is 319 g/mol. The van der Waals surface area contributed by atoms with E-state index < -0.39 is 0 Å². The number of rotatable bonds is 6. The summed E-state index contributed by atoms with van der Waals surface area (Å²) in [6.07, 6.45) is 4.69. The van der Waals surface area contributed by atoms with Crippen molar-refractivity contribution in [3.8, 4) is 22.7 Å². The zero-order chi connectivity index (χ0) is 16.4. The van der Waals surface area contributed by atoms with Gasteiger partial charge in [0, 0.05) is 29.9 Å². The summed E-state index contributed by atoms with van der Waals surface area (Å²) in [5.41, 5.74) is 4.42. The fourth-order valence-corrected chi connectivity index (χ4v) is 2.79. The van der Waals surface area contributed by atoms with Crippen LogP contribution in [-0.4, -0.2) is 22.9 Å². The Bertz CT molecular complexity index is 805. The summed E-state index contributed by atoms with van der Waals surface area (Å²) in [5, 5.41) is 8.43. The number of para-hydroxylation sites is 1. The van der Waals surface area contributed by atoms with Gasteiger partial charge in [0.25, 0.3) is 0 Å². The molecule has 1 aliphatic carbocycles. The minimum Gasteiger partial charge on any atom is -0.497 e. The van der Waals surface area contributed by atoms with Gasteiger partial charge >= 0.3 is 0 Å². The fraction of sp³-hybridized carbons (Fsp3) is 0.250. The Morgan fingerprint density at radius 2 is 1.83 bits per heavy atom. The lowest BCUT2D eigenvalue weighted by molar-refractivity contribution is 0.415. The molecule has 1 aliphatic rings. The number of nitrogens with one attached hydrogen (secondary N) is 1. The number of nitrogens with zero attached hydrogens (tertiary/aromatic N) is 2. The molecule has 0 amide bonds. The Hall–Kier alpha value is -2.59. The fourth-order valence-electron chi connectivity index (χ4n) is 2.79. The number of benzene rings is 2.